The fraction of sp³-hybridized carbons (Fsp3) is 0.385. The summed E-state index contributed by atoms with van der Waals surface area (Å²) in [7, 11) is 0. The Bertz CT molecular complexity index is 1060. The molecule has 3 heteroatoms. The molecule has 4 atom stereocenters. The fourth-order valence-corrected chi connectivity index (χ4v) is 5.53. The van der Waals surface area contributed by atoms with Gasteiger partial charge in [0, 0.05) is 17.0 Å². The first-order valence-electron chi connectivity index (χ1n) is 10.9. The third-order valence-electron chi connectivity index (χ3n) is 7.10. The molecule has 2 fully saturated rings. The fourth-order valence-electron chi connectivity index (χ4n) is 5.53. The maximum Gasteiger partial charge on any atom is 0.252 e. The quantitative estimate of drug-likeness (QED) is 0.621. The maximum atomic E-state index is 13.3. The van der Waals surface area contributed by atoms with Crippen molar-refractivity contribution in [2.24, 2.45) is 17.8 Å². The zero-order valence-corrected chi connectivity index (χ0v) is 17.2. The number of hydrogen-bond acceptors (Lipinski definition) is 2. The highest BCUT2D eigenvalue weighted by Crippen LogP contribution is 2.49. The zero-order chi connectivity index (χ0) is 20.0. The number of fused-ring (bicyclic) bond motifs is 3. The number of aryl methyl sites for hydroxylation is 1. The molecule has 2 aliphatic carbocycles. The highest BCUT2D eigenvalue weighted by Gasteiger charge is 2.42. The van der Waals surface area contributed by atoms with Crippen molar-refractivity contribution in [1.82, 2.24) is 10.3 Å². The second kappa shape index (κ2) is 7.29. The summed E-state index contributed by atoms with van der Waals surface area (Å²) in [4.78, 5) is 18.2. The van der Waals surface area contributed by atoms with E-state index in [2.05, 4.69) is 43.4 Å². The molecular formula is C26H28N2O. The maximum absolute atomic E-state index is 13.3. The van der Waals surface area contributed by atoms with Crippen molar-refractivity contribution < 1.29 is 4.79 Å². The first-order valence-corrected chi connectivity index (χ1v) is 10.9. The van der Waals surface area contributed by atoms with Gasteiger partial charge in [-0.2, -0.15) is 0 Å². The summed E-state index contributed by atoms with van der Waals surface area (Å²) in [6.45, 7) is 4.26. The average molecular weight is 385 g/mol. The van der Waals surface area contributed by atoms with Crippen molar-refractivity contribution in [3.8, 4) is 11.3 Å². The number of hydrogen-bond donors (Lipinski definition) is 1. The van der Waals surface area contributed by atoms with Crippen LogP contribution in [0.25, 0.3) is 22.2 Å². The molecule has 29 heavy (non-hydrogen) atoms. The summed E-state index contributed by atoms with van der Waals surface area (Å²) in [6.07, 6.45) is 5.36. The number of carbonyl (C=O) groups excluding carboxylic acids is 1. The van der Waals surface area contributed by atoms with Crippen molar-refractivity contribution >= 4 is 16.8 Å². The van der Waals surface area contributed by atoms with E-state index in [0.29, 0.717) is 5.92 Å². The number of carbonyl (C=O) groups is 1. The molecule has 0 spiro atoms. The van der Waals surface area contributed by atoms with Crippen molar-refractivity contribution in [1.29, 1.82) is 0 Å². The van der Waals surface area contributed by atoms with Gasteiger partial charge in [0.1, 0.15) is 0 Å². The topological polar surface area (TPSA) is 42.0 Å². The summed E-state index contributed by atoms with van der Waals surface area (Å²) in [5, 5.41) is 4.25. The largest absolute Gasteiger partial charge is 0.349 e. The second-order valence-electron chi connectivity index (χ2n) is 9.04. The van der Waals surface area contributed by atoms with Crippen LogP contribution in [0.4, 0.5) is 0 Å². The highest BCUT2D eigenvalue weighted by atomic mass is 16.1. The van der Waals surface area contributed by atoms with E-state index in [4.69, 9.17) is 4.98 Å². The molecule has 1 amide bonds. The van der Waals surface area contributed by atoms with Crippen molar-refractivity contribution in [3.63, 3.8) is 0 Å². The lowest BCUT2D eigenvalue weighted by Gasteiger charge is -2.28. The Hall–Kier alpha value is -2.68. The van der Waals surface area contributed by atoms with Crippen LogP contribution >= 0.6 is 0 Å². The molecule has 1 aromatic heterocycles. The van der Waals surface area contributed by atoms with E-state index in [1.165, 1.54) is 31.2 Å². The predicted molar refractivity (Wildman–Crippen MR) is 118 cm³/mol. The van der Waals surface area contributed by atoms with Gasteiger partial charge in [0.25, 0.3) is 5.91 Å². The van der Waals surface area contributed by atoms with Gasteiger partial charge in [-0.25, -0.2) is 4.98 Å². The van der Waals surface area contributed by atoms with E-state index >= 15 is 0 Å². The lowest BCUT2D eigenvalue weighted by molar-refractivity contribution is 0.0917. The number of amides is 1. The molecule has 2 saturated carbocycles. The summed E-state index contributed by atoms with van der Waals surface area (Å²) in [6, 6.07) is 18.4. The summed E-state index contributed by atoms with van der Waals surface area (Å²) >= 11 is 0. The number of pyridine rings is 1. The Morgan fingerprint density at radius 3 is 2.59 bits per heavy atom. The molecule has 148 valence electrons. The van der Waals surface area contributed by atoms with Crippen molar-refractivity contribution in [3.05, 3.63) is 65.7 Å². The van der Waals surface area contributed by atoms with Crippen molar-refractivity contribution in [2.75, 3.05) is 0 Å². The Balaban J connectivity index is 1.47. The molecular weight excluding hydrogens is 356 g/mol. The lowest BCUT2D eigenvalue weighted by Crippen LogP contribution is -2.40. The first kappa shape index (κ1) is 18.4. The van der Waals surface area contributed by atoms with E-state index in [0.717, 1.165) is 39.6 Å². The highest BCUT2D eigenvalue weighted by molar-refractivity contribution is 6.07. The van der Waals surface area contributed by atoms with E-state index in [1.54, 1.807) is 0 Å². The first-order chi connectivity index (χ1) is 14.1. The Labute approximate surface area is 172 Å². The van der Waals surface area contributed by atoms with E-state index in [9.17, 15) is 4.79 Å². The number of nitrogens with one attached hydrogen (secondary N) is 1. The van der Waals surface area contributed by atoms with Crippen molar-refractivity contribution in [2.45, 2.75) is 45.6 Å². The summed E-state index contributed by atoms with van der Waals surface area (Å²) in [5.74, 6) is 2.33. The van der Waals surface area contributed by atoms with Crippen LogP contribution in [0, 0.1) is 24.7 Å². The minimum Gasteiger partial charge on any atom is -0.349 e. The number of benzene rings is 2. The standard InChI is InChI=1S/C26H28N2O/c1-16-7-10-19(11-8-16)25-15-23(21-5-3-4-6-24(21)28-25)26(29)27-17(2)22-14-18-9-12-20(22)13-18/h3-8,10-11,15,17-18,20,22H,9,12-14H2,1-2H3,(H,27,29)/t17-,18+,20+,22-/m1/s1. The van der Waals surface area contributed by atoms with E-state index in [1.807, 2.05) is 30.3 Å². The van der Waals surface area contributed by atoms with Crippen LogP contribution in [-0.4, -0.2) is 16.9 Å². The lowest BCUT2D eigenvalue weighted by atomic mass is 9.84. The Morgan fingerprint density at radius 1 is 1.07 bits per heavy atom. The molecule has 0 unspecified atom stereocenters. The molecule has 1 N–H and O–H groups in total. The zero-order valence-electron chi connectivity index (χ0n) is 17.2. The minimum absolute atomic E-state index is 0.0206. The van der Waals surface area contributed by atoms with Crippen LogP contribution < -0.4 is 5.32 Å². The molecule has 5 rings (SSSR count). The van der Waals surface area contributed by atoms with Crippen LogP contribution in [0.5, 0.6) is 0 Å². The second-order valence-corrected chi connectivity index (χ2v) is 9.04. The van der Waals surface area contributed by atoms with Gasteiger partial charge in [-0.3, -0.25) is 4.79 Å². The summed E-state index contributed by atoms with van der Waals surface area (Å²) in [5.41, 5.74) is 4.69. The Kier molecular flexibility index (Phi) is 4.61. The van der Waals surface area contributed by atoms with Gasteiger partial charge >= 0.3 is 0 Å². The van der Waals surface area contributed by atoms with Gasteiger partial charge in [-0.15, -0.1) is 0 Å². The molecule has 2 aromatic carbocycles. The molecule has 2 aliphatic rings. The molecule has 0 saturated heterocycles. The van der Waals surface area contributed by atoms with Gasteiger partial charge in [0.15, 0.2) is 0 Å². The molecule has 1 heterocycles. The average Bonchev–Trinajstić information content (AvgIpc) is 3.37. The smallest absolute Gasteiger partial charge is 0.252 e. The normalized spacial score (nSPS) is 24.0. The number of aromatic nitrogens is 1. The molecule has 3 aromatic rings. The monoisotopic (exact) mass is 384 g/mol. The van der Waals surface area contributed by atoms with Gasteiger partial charge in [-0.1, -0.05) is 54.4 Å². The van der Waals surface area contributed by atoms with E-state index in [-0.39, 0.29) is 11.9 Å². The van der Waals surface area contributed by atoms with Gasteiger partial charge < -0.3 is 5.32 Å². The van der Waals surface area contributed by atoms with Gasteiger partial charge in [0.05, 0.1) is 16.8 Å². The third kappa shape index (κ3) is 3.43. The minimum atomic E-state index is 0.0206. The number of rotatable bonds is 4. The molecule has 0 aliphatic heterocycles. The van der Waals surface area contributed by atoms with Crippen LogP contribution in [-0.2, 0) is 0 Å². The molecule has 3 nitrogen and oxygen atoms in total. The number of para-hydroxylation sites is 1. The van der Waals surface area contributed by atoms with Crippen LogP contribution in [0.15, 0.2) is 54.6 Å². The predicted octanol–water partition coefficient (Wildman–Crippen LogP) is 5.76. The Morgan fingerprint density at radius 2 is 1.86 bits per heavy atom. The van der Waals surface area contributed by atoms with Crippen LogP contribution in [0.3, 0.4) is 0 Å². The van der Waals surface area contributed by atoms with Crippen LogP contribution in [0.2, 0.25) is 0 Å². The van der Waals surface area contributed by atoms with E-state index < -0.39 is 0 Å². The number of nitrogens with zero attached hydrogens (tertiary/aromatic N) is 1. The summed E-state index contributed by atoms with van der Waals surface area (Å²) < 4.78 is 0. The van der Waals surface area contributed by atoms with Gasteiger partial charge in [-0.05, 0) is 63.0 Å². The third-order valence-corrected chi connectivity index (χ3v) is 7.10. The molecule has 0 radical (unpaired) electrons. The van der Waals surface area contributed by atoms with Gasteiger partial charge in [0.2, 0.25) is 0 Å². The van der Waals surface area contributed by atoms with Crippen LogP contribution in [0.1, 0.15) is 48.5 Å². The SMILES string of the molecule is Cc1ccc(-c2cc(C(=O)N[C@H](C)[C@H]3C[C@H]4CC[C@H]3C4)c3ccccc3n2)cc1. The molecule has 2 bridgehead atoms.